The van der Waals surface area contributed by atoms with E-state index in [-0.39, 0.29) is 24.0 Å². The van der Waals surface area contributed by atoms with Gasteiger partial charge in [-0.15, -0.1) is 0 Å². The van der Waals surface area contributed by atoms with Crippen molar-refractivity contribution in [3.05, 3.63) is 35.6 Å². The number of ether oxygens (including phenoxy) is 1. The van der Waals surface area contributed by atoms with Crippen molar-refractivity contribution in [3.63, 3.8) is 0 Å². The molecule has 0 radical (unpaired) electrons. The number of fused-ring (bicyclic) bond motifs is 3. The van der Waals surface area contributed by atoms with Crippen molar-refractivity contribution in [2.24, 2.45) is 5.41 Å². The molecular formula is C21H25NO4. The summed E-state index contributed by atoms with van der Waals surface area (Å²) in [6, 6.07) is 7.62. The van der Waals surface area contributed by atoms with Crippen LogP contribution in [0.1, 0.15) is 55.6 Å². The highest BCUT2D eigenvalue weighted by atomic mass is 16.5. The second-order valence-electron chi connectivity index (χ2n) is 7.47. The lowest BCUT2D eigenvalue weighted by Crippen LogP contribution is -2.45. The number of nitrogens with zero attached hydrogens (tertiary/aromatic N) is 1. The fraction of sp³-hybridized carbons (Fsp3) is 0.524. The van der Waals surface area contributed by atoms with Crippen molar-refractivity contribution < 1.29 is 18.7 Å². The summed E-state index contributed by atoms with van der Waals surface area (Å²) in [5.74, 6) is 0.607. The second kappa shape index (κ2) is 6.15. The lowest BCUT2D eigenvalue weighted by molar-refractivity contribution is -0.157. The quantitative estimate of drug-likeness (QED) is 0.776. The third kappa shape index (κ3) is 2.29. The van der Waals surface area contributed by atoms with Crippen molar-refractivity contribution >= 4 is 22.8 Å². The molecule has 0 unspecified atom stereocenters. The zero-order valence-electron chi connectivity index (χ0n) is 15.6. The Labute approximate surface area is 153 Å². The number of aryl methyl sites for hydroxylation is 1. The second-order valence-corrected chi connectivity index (χ2v) is 7.47. The third-order valence-electron chi connectivity index (χ3n) is 6.19. The van der Waals surface area contributed by atoms with Gasteiger partial charge in [-0.05, 0) is 51.7 Å². The van der Waals surface area contributed by atoms with Gasteiger partial charge in [-0.25, -0.2) is 0 Å². The van der Waals surface area contributed by atoms with Crippen LogP contribution in [0, 0.1) is 12.3 Å². The molecule has 3 heterocycles. The van der Waals surface area contributed by atoms with Gasteiger partial charge in [0.2, 0.25) is 0 Å². The Bertz CT molecular complexity index is 870. The van der Waals surface area contributed by atoms with Gasteiger partial charge < -0.3 is 14.1 Å². The molecule has 1 aromatic carbocycles. The van der Waals surface area contributed by atoms with Gasteiger partial charge in [-0.2, -0.15) is 0 Å². The van der Waals surface area contributed by atoms with Crippen molar-refractivity contribution in [2.75, 3.05) is 6.61 Å². The third-order valence-corrected chi connectivity index (χ3v) is 6.19. The highest BCUT2D eigenvalue weighted by molar-refractivity contribution is 6.05. The number of furan rings is 1. The van der Waals surface area contributed by atoms with E-state index in [9.17, 15) is 9.59 Å². The average molecular weight is 355 g/mol. The smallest absolute Gasteiger partial charge is 0.314 e. The van der Waals surface area contributed by atoms with E-state index in [0.717, 1.165) is 24.0 Å². The number of hydrogen-bond donors (Lipinski definition) is 0. The zero-order valence-corrected chi connectivity index (χ0v) is 15.6. The topological polar surface area (TPSA) is 59.8 Å². The summed E-state index contributed by atoms with van der Waals surface area (Å²) in [7, 11) is 0. The van der Waals surface area contributed by atoms with Crippen LogP contribution in [0.3, 0.4) is 0 Å². The normalized spacial score (nSPS) is 27.3. The minimum atomic E-state index is -0.568. The monoisotopic (exact) mass is 355 g/mol. The van der Waals surface area contributed by atoms with Crippen LogP contribution in [-0.2, 0) is 9.53 Å². The number of benzene rings is 1. The minimum Gasteiger partial charge on any atom is -0.466 e. The first-order valence-electron chi connectivity index (χ1n) is 9.51. The summed E-state index contributed by atoms with van der Waals surface area (Å²) in [4.78, 5) is 28.1. The molecule has 2 aliphatic rings. The molecule has 2 bridgehead atoms. The SMILES string of the molecule is CCOC(=O)[C@@]1(CC)C[C@H]2CC[C@@H]1N2C(=O)c1cccc2cc(C)oc12. The molecule has 0 aliphatic carbocycles. The molecule has 0 N–H and O–H groups in total. The maximum absolute atomic E-state index is 13.4. The lowest BCUT2D eigenvalue weighted by atomic mass is 9.72. The first kappa shape index (κ1) is 17.1. The van der Waals surface area contributed by atoms with E-state index in [1.54, 1.807) is 0 Å². The molecule has 2 fully saturated rings. The Morgan fingerprint density at radius 2 is 2.12 bits per heavy atom. The van der Waals surface area contributed by atoms with Gasteiger partial charge in [-0.3, -0.25) is 9.59 Å². The van der Waals surface area contributed by atoms with E-state index in [0.29, 0.717) is 30.6 Å². The summed E-state index contributed by atoms with van der Waals surface area (Å²) in [5, 5.41) is 0.937. The predicted molar refractivity (Wildman–Crippen MR) is 97.9 cm³/mol. The van der Waals surface area contributed by atoms with Crippen molar-refractivity contribution in [1.29, 1.82) is 0 Å². The Morgan fingerprint density at radius 1 is 1.31 bits per heavy atom. The largest absolute Gasteiger partial charge is 0.466 e. The van der Waals surface area contributed by atoms with Crippen LogP contribution in [0.5, 0.6) is 0 Å². The Morgan fingerprint density at radius 3 is 2.85 bits per heavy atom. The van der Waals surface area contributed by atoms with Gasteiger partial charge >= 0.3 is 5.97 Å². The fourth-order valence-corrected chi connectivity index (χ4v) is 5.01. The average Bonchev–Trinajstić information content (AvgIpc) is 3.30. The summed E-state index contributed by atoms with van der Waals surface area (Å²) >= 11 is 0. The molecule has 3 atom stereocenters. The number of carbonyl (C=O) groups is 2. The van der Waals surface area contributed by atoms with Crippen LogP contribution in [-0.4, -0.2) is 35.5 Å². The predicted octanol–water partition coefficient (Wildman–Crippen LogP) is 4.08. The van der Waals surface area contributed by atoms with E-state index in [4.69, 9.17) is 9.15 Å². The molecule has 4 rings (SSSR count). The van der Waals surface area contributed by atoms with Crippen molar-refractivity contribution in [2.45, 2.75) is 58.5 Å². The summed E-state index contributed by atoms with van der Waals surface area (Å²) in [6.45, 7) is 6.11. The van der Waals surface area contributed by atoms with Crippen LogP contribution in [0.2, 0.25) is 0 Å². The molecule has 2 aliphatic heterocycles. The molecule has 1 amide bonds. The van der Waals surface area contributed by atoms with Gasteiger partial charge in [0.15, 0.2) is 0 Å². The molecular weight excluding hydrogens is 330 g/mol. The van der Waals surface area contributed by atoms with E-state index < -0.39 is 5.41 Å². The molecule has 138 valence electrons. The molecule has 5 nitrogen and oxygen atoms in total. The van der Waals surface area contributed by atoms with Gasteiger partial charge in [0.05, 0.1) is 17.6 Å². The van der Waals surface area contributed by atoms with E-state index in [2.05, 4.69) is 0 Å². The molecule has 26 heavy (non-hydrogen) atoms. The maximum atomic E-state index is 13.4. The van der Waals surface area contributed by atoms with Gasteiger partial charge in [-0.1, -0.05) is 19.1 Å². The molecule has 0 spiro atoms. The Balaban J connectivity index is 1.72. The van der Waals surface area contributed by atoms with Crippen LogP contribution >= 0.6 is 0 Å². The number of rotatable bonds is 4. The van der Waals surface area contributed by atoms with Crippen molar-refractivity contribution in [1.82, 2.24) is 4.90 Å². The van der Waals surface area contributed by atoms with Gasteiger partial charge in [0.1, 0.15) is 11.3 Å². The van der Waals surface area contributed by atoms with E-state index in [1.165, 1.54) is 0 Å². The Kier molecular flexibility index (Phi) is 4.05. The summed E-state index contributed by atoms with van der Waals surface area (Å²) < 4.78 is 11.2. The zero-order chi connectivity index (χ0) is 18.5. The maximum Gasteiger partial charge on any atom is 0.314 e. The molecule has 1 aromatic heterocycles. The van der Waals surface area contributed by atoms with Gasteiger partial charge in [0.25, 0.3) is 5.91 Å². The number of para-hydroxylation sites is 1. The van der Waals surface area contributed by atoms with Crippen LogP contribution in [0.25, 0.3) is 11.0 Å². The molecule has 5 heteroatoms. The summed E-state index contributed by atoms with van der Waals surface area (Å²) in [5.41, 5.74) is 0.657. The lowest BCUT2D eigenvalue weighted by Gasteiger charge is -2.34. The highest BCUT2D eigenvalue weighted by Crippen LogP contribution is 2.53. The number of amides is 1. The number of carbonyl (C=O) groups excluding carboxylic acids is 2. The van der Waals surface area contributed by atoms with Crippen molar-refractivity contribution in [3.8, 4) is 0 Å². The van der Waals surface area contributed by atoms with E-state index in [1.807, 2.05) is 49.9 Å². The van der Waals surface area contributed by atoms with Crippen LogP contribution in [0.4, 0.5) is 0 Å². The van der Waals surface area contributed by atoms with Crippen LogP contribution < -0.4 is 0 Å². The van der Waals surface area contributed by atoms with E-state index >= 15 is 0 Å². The number of esters is 1. The standard InChI is InChI=1S/C21H25NO4/c1-4-21(20(24)25-5-2)12-15-9-10-17(21)22(15)19(23)16-8-6-7-14-11-13(3)26-18(14)16/h6-8,11,15,17H,4-5,9-10,12H2,1-3H3/t15-,17+,21+/m1/s1. The van der Waals surface area contributed by atoms with Gasteiger partial charge in [0, 0.05) is 17.5 Å². The first-order valence-corrected chi connectivity index (χ1v) is 9.51. The van der Waals surface area contributed by atoms with Crippen LogP contribution in [0.15, 0.2) is 28.7 Å². The summed E-state index contributed by atoms with van der Waals surface area (Å²) in [6.07, 6.45) is 3.20. The Hall–Kier alpha value is -2.30. The fourth-order valence-electron chi connectivity index (χ4n) is 5.01. The molecule has 2 saturated heterocycles. The molecule has 2 aromatic rings. The minimum absolute atomic E-state index is 0.0305. The highest BCUT2D eigenvalue weighted by Gasteiger charge is 2.61. The first-order chi connectivity index (χ1) is 12.5. The molecule has 0 saturated carbocycles. The number of hydrogen-bond acceptors (Lipinski definition) is 4.